The number of carbonyl (C=O) groups is 1. The lowest BCUT2D eigenvalue weighted by molar-refractivity contribution is 0.101. The van der Waals surface area contributed by atoms with E-state index >= 15 is 0 Å². The summed E-state index contributed by atoms with van der Waals surface area (Å²) in [4.78, 5) is 19.4. The Hall–Kier alpha value is -2.63. The molecule has 6 heteroatoms. The maximum Gasteiger partial charge on any atom is 0.295 e. The van der Waals surface area contributed by atoms with Crippen molar-refractivity contribution in [3.05, 3.63) is 42.1 Å². The first-order valence-corrected chi connectivity index (χ1v) is 6.60. The van der Waals surface area contributed by atoms with Crippen LogP contribution in [0.3, 0.4) is 0 Å². The molecule has 4 rings (SSSR count). The van der Waals surface area contributed by atoms with Crippen molar-refractivity contribution < 1.29 is 4.79 Å². The van der Waals surface area contributed by atoms with Crippen molar-refractivity contribution in [3.8, 4) is 0 Å². The van der Waals surface area contributed by atoms with Gasteiger partial charge in [-0.05, 0) is 37.1 Å². The summed E-state index contributed by atoms with van der Waals surface area (Å²) in [5, 5.41) is 10.7. The number of hydrogen-bond acceptors (Lipinski definition) is 3. The third-order valence-electron chi connectivity index (χ3n) is 3.48. The van der Waals surface area contributed by atoms with E-state index < -0.39 is 0 Å². The second-order valence-corrected chi connectivity index (χ2v) is 5.05. The Morgan fingerprint density at radius 3 is 3.05 bits per heavy atom. The average Bonchev–Trinajstić information content (AvgIpc) is 3.01. The summed E-state index contributed by atoms with van der Waals surface area (Å²) in [7, 11) is 0. The number of H-pyrrole nitrogens is 2. The molecule has 100 valence electrons. The van der Waals surface area contributed by atoms with Crippen LogP contribution in [0.2, 0.25) is 0 Å². The van der Waals surface area contributed by atoms with E-state index in [-0.39, 0.29) is 11.7 Å². The Bertz CT molecular complexity index is 784. The molecule has 2 heterocycles. The predicted molar refractivity (Wildman–Crippen MR) is 74.6 cm³/mol. The van der Waals surface area contributed by atoms with Crippen LogP contribution in [-0.2, 0) is 0 Å². The number of aromatic amines is 2. The lowest BCUT2D eigenvalue weighted by Gasteiger charge is -2.02. The van der Waals surface area contributed by atoms with Gasteiger partial charge in [-0.15, -0.1) is 5.10 Å². The third kappa shape index (κ3) is 1.95. The lowest BCUT2D eigenvalue weighted by Crippen LogP contribution is -2.13. The highest BCUT2D eigenvalue weighted by molar-refractivity contribution is 6.02. The van der Waals surface area contributed by atoms with Crippen LogP contribution in [-0.4, -0.2) is 26.1 Å². The number of hydrogen-bond donors (Lipinski definition) is 3. The average molecular weight is 267 g/mol. The van der Waals surface area contributed by atoms with Gasteiger partial charge in [0.05, 0.1) is 0 Å². The van der Waals surface area contributed by atoms with Gasteiger partial charge < -0.3 is 10.3 Å². The SMILES string of the molecule is O=C(Nc1ccc2[nH]ccc2c1)c1n[nH]c(C2CC2)n1. The highest BCUT2D eigenvalue weighted by atomic mass is 16.2. The van der Waals surface area contributed by atoms with E-state index in [9.17, 15) is 4.79 Å². The molecule has 2 aromatic heterocycles. The van der Waals surface area contributed by atoms with Crippen molar-refractivity contribution in [1.29, 1.82) is 0 Å². The summed E-state index contributed by atoms with van der Waals surface area (Å²) in [5.41, 5.74) is 1.77. The van der Waals surface area contributed by atoms with Crippen LogP contribution in [0.4, 0.5) is 5.69 Å². The van der Waals surface area contributed by atoms with E-state index in [0.717, 1.165) is 35.3 Å². The number of benzene rings is 1. The summed E-state index contributed by atoms with van der Waals surface area (Å²) in [5.74, 6) is 1.18. The second kappa shape index (κ2) is 4.19. The Morgan fingerprint density at radius 1 is 1.30 bits per heavy atom. The fourth-order valence-corrected chi connectivity index (χ4v) is 2.23. The molecule has 0 saturated heterocycles. The lowest BCUT2D eigenvalue weighted by atomic mass is 10.2. The van der Waals surface area contributed by atoms with Crippen LogP contribution in [0, 0.1) is 0 Å². The molecule has 1 amide bonds. The molecule has 0 spiro atoms. The zero-order valence-electron chi connectivity index (χ0n) is 10.7. The molecular weight excluding hydrogens is 254 g/mol. The van der Waals surface area contributed by atoms with Crippen LogP contribution in [0.1, 0.15) is 35.2 Å². The van der Waals surface area contributed by atoms with Gasteiger partial charge in [0.15, 0.2) is 0 Å². The van der Waals surface area contributed by atoms with E-state index in [1.807, 2.05) is 30.5 Å². The first kappa shape index (κ1) is 11.2. The molecule has 3 aromatic rings. The van der Waals surface area contributed by atoms with Gasteiger partial charge in [-0.3, -0.25) is 9.89 Å². The minimum atomic E-state index is -0.289. The Balaban J connectivity index is 1.55. The van der Waals surface area contributed by atoms with Gasteiger partial charge >= 0.3 is 0 Å². The van der Waals surface area contributed by atoms with Crippen LogP contribution in [0.15, 0.2) is 30.5 Å². The van der Waals surface area contributed by atoms with Gasteiger partial charge in [-0.2, -0.15) is 0 Å². The topological polar surface area (TPSA) is 86.5 Å². The fourth-order valence-electron chi connectivity index (χ4n) is 2.23. The molecule has 1 saturated carbocycles. The molecule has 3 N–H and O–H groups in total. The van der Waals surface area contributed by atoms with Gasteiger partial charge in [0.25, 0.3) is 5.91 Å². The fraction of sp³-hybridized carbons (Fsp3) is 0.214. The zero-order chi connectivity index (χ0) is 13.5. The standard InChI is InChI=1S/C14H13N5O/c20-14(13-17-12(18-19-13)8-1-2-8)16-10-3-4-11-9(7-10)5-6-15-11/h3-8,15H,1-2H2,(H,16,20)(H,17,18,19). The number of amides is 1. The number of rotatable bonds is 3. The van der Waals surface area contributed by atoms with Crippen molar-refractivity contribution in [3.63, 3.8) is 0 Å². The van der Waals surface area contributed by atoms with Crippen LogP contribution in [0.5, 0.6) is 0 Å². The van der Waals surface area contributed by atoms with Crippen LogP contribution >= 0.6 is 0 Å². The molecule has 0 aliphatic heterocycles. The smallest absolute Gasteiger partial charge is 0.295 e. The van der Waals surface area contributed by atoms with Gasteiger partial charge in [0, 0.05) is 28.7 Å². The number of nitrogens with one attached hydrogen (secondary N) is 3. The molecule has 6 nitrogen and oxygen atoms in total. The molecular formula is C14H13N5O. The van der Waals surface area contributed by atoms with Crippen molar-refractivity contribution in [2.75, 3.05) is 5.32 Å². The Morgan fingerprint density at radius 2 is 2.20 bits per heavy atom. The van der Waals surface area contributed by atoms with Crippen molar-refractivity contribution in [2.45, 2.75) is 18.8 Å². The normalized spacial score (nSPS) is 14.6. The molecule has 0 unspecified atom stereocenters. The van der Waals surface area contributed by atoms with E-state index in [1.54, 1.807) is 0 Å². The first-order chi connectivity index (χ1) is 9.79. The summed E-state index contributed by atoms with van der Waals surface area (Å²) in [6.07, 6.45) is 4.12. The third-order valence-corrected chi connectivity index (χ3v) is 3.48. The molecule has 1 aliphatic rings. The Kier molecular flexibility index (Phi) is 2.35. The monoisotopic (exact) mass is 267 g/mol. The molecule has 0 radical (unpaired) electrons. The number of fused-ring (bicyclic) bond motifs is 1. The molecule has 20 heavy (non-hydrogen) atoms. The van der Waals surface area contributed by atoms with Gasteiger partial charge in [-0.1, -0.05) is 0 Å². The second-order valence-electron chi connectivity index (χ2n) is 5.05. The van der Waals surface area contributed by atoms with E-state index in [4.69, 9.17) is 0 Å². The number of aromatic nitrogens is 4. The Labute approximate surface area is 114 Å². The largest absolute Gasteiger partial charge is 0.361 e. The van der Waals surface area contributed by atoms with Crippen molar-refractivity contribution in [2.24, 2.45) is 0 Å². The summed E-state index contributed by atoms with van der Waals surface area (Å²) in [6, 6.07) is 7.66. The first-order valence-electron chi connectivity index (χ1n) is 6.60. The summed E-state index contributed by atoms with van der Waals surface area (Å²) in [6.45, 7) is 0. The number of carbonyl (C=O) groups excluding carboxylic acids is 1. The van der Waals surface area contributed by atoms with Gasteiger partial charge in [0.1, 0.15) is 5.82 Å². The van der Waals surface area contributed by atoms with Crippen LogP contribution < -0.4 is 5.32 Å². The summed E-state index contributed by atoms with van der Waals surface area (Å²) < 4.78 is 0. The summed E-state index contributed by atoms with van der Waals surface area (Å²) >= 11 is 0. The van der Waals surface area contributed by atoms with E-state index in [0.29, 0.717) is 5.92 Å². The predicted octanol–water partition coefficient (Wildman–Crippen LogP) is 2.42. The minimum absolute atomic E-state index is 0.195. The van der Waals surface area contributed by atoms with Gasteiger partial charge in [-0.25, -0.2) is 4.98 Å². The number of anilines is 1. The zero-order valence-corrected chi connectivity index (χ0v) is 10.7. The molecule has 0 bridgehead atoms. The molecule has 0 atom stereocenters. The maximum absolute atomic E-state index is 12.1. The van der Waals surface area contributed by atoms with E-state index in [2.05, 4.69) is 25.5 Å². The number of nitrogens with zero attached hydrogens (tertiary/aromatic N) is 2. The minimum Gasteiger partial charge on any atom is -0.361 e. The van der Waals surface area contributed by atoms with Crippen LogP contribution in [0.25, 0.3) is 10.9 Å². The highest BCUT2D eigenvalue weighted by Gasteiger charge is 2.28. The maximum atomic E-state index is 12.1. The van der Waals surface area contributed by atoms with Crippen molar-refractivity contribution in [1.82, 2.24) is 20.2 Å². The quantitative estimate of drug-likeness (QED) is 0.681. The van der Waals surface area contributed by atoms with E-state index in [1.165, 1.54) is 0 Å². The highest BCUT2D eigenvalue weighted by Crippen LogP contribution is 2.37. The molecule has 1 aliphatic carbocycles. The van der Waals surface area contributed by atoms with Gasteiger partial charge in [0.2, 0.25) is 5.82 Å². The molecule has 1 aromatic carbocycles. The molecule has 1 fully saturated rings. The van der Waals surface area contributed by atoms with Crippen molar-refractivity contribution >= 4 is 22.5 Å².